The Bertz CT molecular complexity index is 2350. The van der Waals surface area contributed by atoms with E-state index >= 15 is 8.78 Å². The Hall–Kier alpha value is -6.02. The van der Waals surface area contributed by atoms with Gasteiger partial charge in [0.15, 0.2) is 24.4 Å². The van der Waals surface area contributed by atoms with Gasteiger partial charge in [-0.1, -0.05) is 48.5 Å². The van der Waals surface area contributed by atoms with E-state index in [9.17, 15) is 38.4 Å². The molecule has 0 bridgehead atoms. The van der Waals surface area contributed by atoms with E-state index in [1.807, 2.05) is 24.3 Å². The van der Waals surface area contributed by atoms with Crippen LogP contribution in [0, 0.1) is 0 Å². The zero-order valence-electron chi connectivity index (χ0n) is 46.8. The first kappa shape index (κ1) is 59.6. The largest absolute Gasteiger partial charge is 0.451 e. The molecule has 7 rings (SSSR count). The highest BCUT2D eigenvalue weighted by molar-refractivity contribution is 5.97. The van der Waals surface area contributed by atoms with E-state index in [1.165, 1.54) is 69.7 Å². The molecule has 3 saturated heterocycles. The van der Waals surface area contributed by atoms with Crippen molar-refractivity contribution in [3.63, 3.8) is 0 Å². The average Bonchev–Trinajstić information content (AvgIpc) is 4.39. The van der Waals surface area contributed by atoms with Gasteiger partial charge < -0.3 is 48.0 Å². The van der Waals surface area contributed by atoms with Gasteiger partial charge in [-0.25, -0.2) is 28.0 Å². The Morgan fingerprint density at radius 2 is 0.795 bits per heavy atom. The topological polar surface area (TPSA) is 205 Å². The Morgan fingerprint density at radius 3 is 1.08 bits per heavy atom. The van der Waals surface area contributed by atoms with Crippen LogP contribution in [0.2, 0.25) is 0 Å². The number of benzene rings is 2. The molecule has 18 nitrogen and oxygen atoms in total. The molecule has 4 amide bonds. The minimum atomic E-state index is -2.09. The normalized spacial score (nSPS) is 27.1. The number of esters is 4. The molecule has 428 valence electrons. The Balaban J connectivity index is 1.24. The van der Waals surface area contributed by atoms with Crippen LogP contribution in [0.25, 0.3) is 0 Å². The van der Waals surface area contributed by atoms with Crippen LogP contribution >= 0.6 is 0 Å². The number of amides is 4. The molecule has 2 aromatic carbocycles. The number of hydrogen-bond donors (Lipinski definition) is 0. The van der Waals surface area contributed by atoms with Gasteiger partial charge >= 0.3 is 23.9 Å². The average molecular weight is 1090 g/mol. The molecule has 5 aliphatic rings. The lowest BCUT2D eigenvalue weighted by atomic mass is 9.90. The maximum absolute atomic E-state index is 15.8. The standard InChI is InChI=1S/C58H78F2N4O14/c1-35-47(65)61(7)43(33-55(3,4)59)51(69)77-46(32-38-13-17-40(18-14-38)42-21-29-74-30-22-42)50(68)64(10)58(25-26-58)54(72)76-36(2)48(66)62(8)44(34-56(5,6)60)52(70)78-45(49(67)63(9)57(23-24-57)53(71)75-35)31-37-11-15-39(16-12-37)41-19-27-73-28-20-41/h11-18,35-36,41-46H,19-34H2,1-10H3/t35-,36-,43+,44+,45-,46-/m1/s1. The fourth-order valence-corrected chi connectivity index (χ4v) is 10.8. The Morgan fingerprint density at radius 1 is 0.487 bits per heavy atom. The Labute approximate surface area is 456 Å². The molecule has 78 heavy (non-hydrogen) atoms. The van der Waals surface area contributed by atoms with Crippen LogP contribution < -0.4 is 0 Å². The number of hydrogen-bond acceptors (Lipinski definition) is 14. The third kappa shape index (κ3) is 14.0. The molecule has 0 N–H and O–H groups in total. The lowest BCUT2D eigenvalue weighted by Gasteiger charge is -2.36. The monoisotopic (exact) mass is 1090 g/mol. The van der Waals surface area contributed by atoms with Crippen molar-refractivity contribution in [2.24, 2.45) is 0 Å². The second kappa shape index (κ2) is 24.1. The summed E-state index contributed by atoms with van der Waals surface area (Å²) in [5, 5.41) is 0. The van der Waals surface area contributed by atoms with Crippen molar-refractivity contribution in [3.05, 3.63) is 70.8 Å². The maximum atomic E-state index is 15.8. The number of carbonyl (C=O) groups is 8. The van der Waals surface area contributed by atoms with Crippen LogP contribution in [-0.2, 0) is 79.6 Å². The molecule has 0 radical (unpaired) electrons. The lowest BCUT2D eigenvalue weighted by Crippen LogP contribution is -2.56. The molecule has 2 spiro atoms. The van der Waals surface area contributed by atoms with Gasteiger partial charge in [0.1, 0.15) is 34.5 Å². The van der Waals surface area contributed by atoms with Crippen molar-refractivity contribution < 1.29 is 75.6 Å². The van der Waals surface area contributed by atoms with Gasteiger partial charge in [0.2, 0.25) is 0 Å². The van der Waals surface area contributed by atoms with Crippen LogP contribution in [-0.4, -0.2) is 181 Å². The molecule has 3 aliphatic heterocycles. The van der Waals surface area contributed by atoms with Crippen LogP contribution in [0.5, 0.6) is 0 Å². The molecule has 2 aromatic rings. The SMILES string of the molecule is C[C@H]1OC(=O)C2(CC2)N(C)C(=O)[C@@H](Cc2ccc(C3CCOCC3)cc2)OC(=O)[C@H](CC(C)(C)F)N(C)C(=O)[C@@H](C)OC(=O)C2(CC2)N(C)C(=O)[C@@H](Cc2ccc(C3CCOCC3)cc2)OC(=O)[C@H](CC(C)(C)F)N(C)C1=O. The fraction of sp³-hybridized carbons (Fsp3) is 0.655. The molecule has 2 aliphatic carbocycles. The molecular weight excluding hydrogens is 1010 g/mol. The first-order valence-corrected chi connectivity index (χ1v) is 27.3. The van der Waals surface area contributed by atoms with Gasteiger partial charge in [-0.05, 0) is 127 Å². The number of cyclic esters (lactones) is 4. The first-order chi connectivity index (χ1) is 36.6. The van der Waals surface area contributed by atoms with Gasteiger partial charge in [0, 0.05) is 80.3 Å². The predicted molar refractivity (Wildman–Crippen MR) is 279 cm³/mol. The van der Waals surface area contributed by atoms with Crippen molar-refractivity contribution in [1.82, 2.24) is 19.6 Å². The van der Waals surface area contributed by atoms with Crippen molar-refractivity contribution in [2.75, 3.05) is 54.6 Å². The molecule has 2 saturated carbocycles. The summed E-state index contributed by atoms with van der Waals surface area (Å²) < 4.78 is 66.2. The molecule has 0 aromatic heterocycles. The molecule has 0 unspecified atom stereocenters. The fourth-order valence-electron chi connectivity index (χ4n) is 10.8. The number of carbonyl (C=O) groups excluding carboxylic acids is 8. The van der Waals surface area contributed by atoms with E-state index in [0.29, 0.717) is 37.6 Å². The highest BCUT2D eigenvalue weighted by Crippen LogP contribution is 2.45. The van der Waals surface area contributed by atoms with E-state index < -0.39 is 119 Å². The summed E-state index contributed by atoms with van der Waals surface area (Å²) in [4.78, 5) is 120. The van der Waals surface area contributed by atoms with Gasteiger partial charge in [-0.15, -0.1) is 0 Å². The van der Waals surface area contributed by atoms with E-state index in [1.54, 1.807) is 24.3 Å². The number of rotatable bonds is 10. The third-order valence-electron chi connectivity index (χ3n) is 16.2. The van der Waals surface area contributed by atoms with Gasteiger partial charge in [0.25, 0.3) is 23.6 Å². The smallest absolute Gasteiger partial charge is 0.332 e. The predicted octanol–water partition coefficient (Wildman–Crippen LogP) is 5.87. The van der Waals surface area contributed by atoms with E-state index in [0.717, 1.165) is 56.4 Å². The molecular formula is C58H78F2N4O14. The summed E-state index contributed by atoms with van der Waals surface area (Å²) in [6.45, 7) is 9.82. The van der Waals surface area contributed by atoms with E-state index in [4.69, 9.17) is 28.4 Å². The number of ether oxygens (including phenoxy) is 6. The number of nitrogens with zero attached hydrogens (tertiary/aromatic N) is 4. The lowest BCUT2D eigenvalue weighted by molar-refractivity contribution is -0.177. The minimum Gasteiger partial charge on any atom is -0.451 e. The summed E-state index contributed by atoms with van der Waals surface area (Å²) in [6.07, 6.45) is -4.44. The van der Waals surface area contributed by atoms with Crippen molar-refractivity contribution in [2.45, 2.75) is 189 Å². The molecule has 3 heterocycles. The summed E-state index contributed by atoms with van der Waals surface area (Å²) in [5.74, 6) is -7.29. The number of halogens is 2. The van der Waals surface area contributed by atoms with Gasteiger partial charge in [-0.2, -0.15) is 0 Å². The van der Waals surface area contributed by atoms with Gasteiger partial charge in [0.05, 0.1) is 0 Å². The van der Waals surface area contributed by atoms with Crippen LogP contribution in [0.1, 0.15) is 140 Å². The highest BCUT2D eigenvalue weighted by Gasteiger charge is 2.60. The minimum absolute atomic E-state index is 0.0895. The number of alkyl halides is 2. The second-order valence-electron chi connectivity index (χ2n) is 23.2. The first-order valence-electron chi connectivity index (χ1n) is 27.3. The zero-order valence-corrected chi connectivity index (χ0v) is 46.8. The van der Waals surface area contributed by atoms with Gasteiger partial charge in [-0.3, -0.25) is 19.2 Å². The van der Waals surface area contributed by atoms with E-state index in [2.05, 4.69) is 0 Å². The molecule has 20 heteroatoms. The molecule has 6 atom stereocenters. The van der Waals surface area contributed by atoms with Crippen molar-refractivity contribution >= 4 is 47.5 Å². The zero-order chi connectivity index (χ0) is 57.1. The third-order valence-corrected chi connectivity index (χ3v) is 16.2. The van der Waals surface area contributed by atoms with Crippen LogP contribution in [0.3, 0.4) is 0 Å². The quantitative estimate of drug-likeness (QED) is 0.202. The molecule has 5 fully saturated rings. The van der Waals surface area contributed by atoms with Crippen molar-refractivity contribution in [3.8, 4) is 0 Å². The van der Waals surface area contributed by atoms with Crippen LogP contribution in [0.15, 0.2) is 48.5 Å². The maximum Gasteiger partial charge on any atom is 0.332 e. The summed E-state index contributed by atoms with van der Waals surface area (Å²) in [5.41, 5.74) is -4.18. The number of likely N-dealkylation sites (N-methyl/N-ethyl adjacent to an activating group) is 4. The highest BCUT2D eigenvalue weighted by atomic mass is 19.1. The van der Waals surface area contributed by atoms with Crippen LogP contribution in [0.4, 0.5) is 8.78 Å². The summed E-state index contributed by atoms with van der Waals surface area (Å²) >= 11 is 0. The summed E-state index contributed by atoms with van der Waals surface area (Å²) in [6, 6.07) is 11.5. The van der Waals surface area contributed by atoms with E-state index in [-0.39, 0.29) is 50.4 Å². The second-order valence-corrected chi connectivity index (χ2v) is 23.2. The van der Waals surface area contributed by atoms with Crippen molar-refractivity contribution in [1.29, 1.82) is 0 Å². The Kier molecular flexibility index (Phi) is 18.5. The summed E-state index contributed by atoms with van der Waals surface area (Å²) in [7, 11) is 5.10.